The van der Waals surface area contributed by atoms with Gasteiger partial charge in [-0.3, -0.25) is 9.10 Å². The number of amides is 1. The number of anilines is 1. The topological polar surface area (TPSA) is 75.7 Å². The Labute approximate surface area is 196 Å². The van der Waals surface area contributed by atoms with E-state index in [-0.39, 0.29) is 23.7 Å². The van der Waals surface area contributed by atoms with Gasteiger partial charge in [0.25, 0.3) is 10.0 Å². The van der Waals surface area contributed by atoms with Gasteiger partial charge in [-0.15, -0.1) is 0 Å². The van der Waals surface area contributed by atoms with E-state index in [1.165, 1.54) is 30.3 Å². The van der Waals surface area contributed by atoms with Crippen molar-refractivity contribution in [1.82, 2.24) is 5.32 Å². The number of carbonyl (C=O) groups is 1. The van der Waals surface area contributed by atoms with Crippen LogP contribution in [-0.2, 0) is 32.3 Å². The molecule has 0 spiro atoms. The van der Waals surface area contributed by atoms with Crippen molar-refractivity contribution in [3.63, 3.8) is 0 Å². The lowest BCUT2D eigenvalue weighted by molar-refractivity contribution is -0.137. The van der Waals surface area contributed by atoms with Crippen LogP contribution in [-0.4, -0.2) is 34.0 Å². The minimum atomic E-state index is -4.67. The van der Waals surface area contributed by atoms with Crippen molar-refractivity contribution in [2.45, 2.75) is 17.7 Å². The molecular weight excluding hydrogens is 469 g/mol. The molecule has 0 bridgehead atoms. The second kappa shape index (κ2) is 11.2. The highest BCUT2D eigenvalue weighted by atomic mass is 32.2. The molecule has 1 amide bonds. The van der Waals surface area contributed by atoms with Gasteiger partial charge in [-0.05, 0) is 35.9 Å². The van der Waals surface area contributed by atoms with E-state index in [1.807, 2.05) is 30.3 Å². The fourth-order valence-corrected chi connectivity index (χ4v) is 4.52. The highest BCUT2D eigenvalue weighted by Crippen LogP contribution is 2.33. The molecule has 0 unspecified atom stereocenters. The number of hydrogen-bond donors (Lipinski definition) is 1. The molecule has 0 atom stereocenters. The molecule has 0 aliphatic heterocycles. The van der Waals surface area contributed by atoms with Gasteiger partial charge in [0.1, 0.15) is 6.54 Å². The van der Waals surface area contributed by atoms with Crippen LogP contribution in [0.15, 0.2) is 89.8 Å². The Bertz CT molecular complexity index is 1190. The van der Waals surface area contributed by atoms with Gasteiger partial charge in [0, 0.05) is 6.54 Å². The maximum absolute atomic E-state index is 13.2. The summed E-state index contributed by atoms with van der Waals surface area (Å²) in [7, 11) is -4.31. The molecular formula is C24H23F3N2O4S. The third-order valence-electron chi connectivity index (χ3n) is 4.76. The summed E-state index contributed by atoms with van der Waals surface area (Å²) in [6, 6.07) is 20.5. The number of nitrogens with zero attached hydrogens (tertiary/aromatic N) is 1. The Morgan fingerprint density at radius 1 is 0.912 bits per heavy atom. The van der Waals surface area contributed by atoms with Crippen LogP contribution in [0.2, 0.25) is 0 Å². The van der Waals surface area contributed by atoms with E-state index in [9.17, 15) is 26.4 Å². The number of halogens is 3. The van der Waals surface area contributed by atoms with Crippen LogP contribution in [0.25, 0.3) is 0 Å². The number of rotatable bonds is 10. The van der Waals surface area contributed by atoms with Crippen LogP contribution in [0, 0.1) is 0 Å². The standard InChI is InChI=1S/C24H23F3N2O4S/c25-24(26,27)20-10-7-11-21(16-20)29(34(31,32)22-12-5-2-6-13-22)17-23(30)28-14-15-33-18-19-8-3-1-4-9-19/h1-13,16H,14-15,17-18H2,(H,28,30). The lowest BCUT2D eigenvalue weighted by Crippen LogP contribution is -2.41. The number of sulfonamides is 1. The fourth-order valence-electron chi connectivity index (χ4n) is 3.09. The molecule has 0 aliphatic rings. The van der Waals surface area contributed by atoms with Gasteiger partial charge < -0.3 is 10.1 Å². The zero-order chi connectivity index (χ0) is 24.6. The van der Waals surface area contributed by atoms with Gasteiger partial charge >= 0.3 is 6.18 Å². The molecule has 180 valence electrons. The highest BCUT2D eigenvalue weighted by Gasteiger charge is 2.33. The average Bonchev–Trinajstić information content (AvgIpc) is 2.83. The van der Waals surface area contributed by atoms with E-state index in [4.69, 9.17) is 4.74 Å². The van der Waals surface area contributed by atoms with Crippen molar-refractivity contribution < 1.29 is 31.1 Å². The molecule has 3 rings (SSSR count). The second-order valence-electron chi connectivity index (χ2n) is 7.26. The molecule has 0 saturated carbocycles. The average molecular weight is 493 g/mol. The number of nitrogens with one attached hydrogen (secondary N) is 1. The molecule has 0 fully saturated rings. The van der Waals surface area contributed by atoms with E-state index in [0.29, 0.717) is 17.0 Å². The van der Waals surface area contributed by atoms with Crippen molar-refractivity contribution in [2.24, 2.45) is 0 Å². The molecule has 3 aromatic carbocycles. The summed E-state index contributed by atoms with van der Waals surface area (Å²) < 4.78 is 72.2. The first-order valence-electron chi connectivity index (χ1n) is 10.3. The third-order valence-corrected chi connectivity index (χ3v) is 6.55. The summed E-state index contributed by atoms with van der Waals surface area (Å²) >= 11 is 0. The van der Waals surface area contributed by atoms with E-state index in [2.05, 4.69) is 5.32 Å². The minimum absolute atomic E-state index is 0.105. The van der Waals surface area contributed by atoms with Crippen LogP contribution in [0.3, 0.4) is 0 Å². The molecule has 10 heteroatoms. The van der Waals surface area contributed by atoms with Gasteiger partial charge in [0.2, 0.25) is 5.91 Å². The monoisotopic (exact) mass is 492 g/mol. The van der Waals surface area contributed by atoms with E-state index in [0.717, 1.165) is 17.7 Å². The van der Waals surface area contributed by atoms with E-state index in [1.54, 1.807) is 6.07 Å². The molecule has 0 aromatic heterocycles. The number of carbonyl (C=O) groups excluding carboxylic acids is 1. The van der Waals surface area contributed by atoms with E-state index < -0.39 is 34.2 Å². The van der Waals surface area contributed by atoms with Crippen LogP contribution < -0.4 is 9.62 Å². The van der Waals surface area contributed by atoms with Crippen LogP contribution in [0.5, 0.6) is 0 Å². The third kappa shape index (κ3) is 6.82. The summed E-state index contributed by atoms with van der Waals surface area (Å²) in [6.45, 7) is -0.0736. The lowest BCUT2D eigenvalue weighted by atomic mass is 10.2. The van der Waals surface area contributed by atoms with Gasteiger partial charge in [-0.2, -0.15) is 13.2 Å². The predicted octanol–water partition coefficient (Wildman–Crippen LogP) is 4.23. The summed E-state index contributed by atoms with van der Waals surface area (Å²) in [6.07, 6.45) is -4.67. The Morgan fingerprint density at radius 2 is 1.56 bits per heavy atom. The normalized spacial score (nSPS) is 11.7. The van der Waals surface area contributed by atoms with Crippen molar-refractivity contribution >= 4 is 21.6 Å². The quantitative estimate of drug-likeness (QED) is 0.430. The van der Waals surface area contributed by atoms with Crippen molar-refractivity contribution in [2.75, 3.05) is 24.0 Å². The van der Waals surface area contributed by atoms with E-state index >= 15 is 0 Å². The van der Waals surface area contributed by atoms with Gasteiger partial charge in [-0.1, -0.05) is 54.6 Å². The smallest absolute Gasteiger partial charge is 0.375 e. The van der Waals surface area contributed by atoms with Crippen LogP contribution in [0.4, 0.5) is 18.9 Å². The molecule has 0 saturated heterocycles. The molecule has 0 aliphatic carbocycles. The zero-order valence-corrected chi connectivity index (χ0v) is 18.9. The van der Waals surface area contributed by atoms with Crippen molar-refractivity contribution in [1.29, 1.82) is 0 Å². The second-order valence-corrected chi connectivity index (χ2v) is 9.12. The first-order valence-corrected chi connectivity index (χ1v) is 11.8. The summed E-state index contributed by atoms with van der Waals surface area (Å²) in [4.78, 5) is 12.4. The first-order chi connectivity index (χ1) is 16.2. The lowest BCUT2D eigenvalue weighted by Gasteiger charge is -2.25. The fraction of sp³-hybridized carbons (Fsp3) is 0.208. The summed E-state index contributed by atoms with van der Waals surface area (Å²) in [5.41, 5.74) is -0.333. The van der Waals surface area contributed by atoms with Gasteiger partial charge in [0.05, 0.1) is 29.4 Å². The molecule has 3 aromatic rings. The van der Waals surface area contributed by atoms with Gasteiger partial charge in [0.15, 0.2) is 0 Å². The Kier molecular flexibility index (Phi) is 8.30. The molecule has 1 N–H and O–H groups in total. The SMILES string of the molecule is O=C(CN(c1cccc(C(F)(F)F)c1)S(=O)(=O)c1ccccc1)NCCOCc1ccccc1. The molecule has 6 nitrogen and oxygen atoms in total. The first kappa shape index (κ1) is 25.3. The minimum Gasteiger partial charge on any atom is -0.375 e. The molecule has 0 heterocycles. The maximum Gasteiger partial charge on any atom is 0.416 e. The predicted molar refractivity (Wildman–Crippen MR) is 122 cm³/mol. The molecule has 34 heavy (non-hydrogen) atoms. The van der Waals surface area contributed by atoms with Crippen LogP contribution >= 0.6 is 0 Å². The Morgan fingerprint density at radius 3 is 2.21 bits per heavy atom. The molecule has 0 radical (unpaired) electrons. The van der Waals surface area contributed by atoms with Crippen molar-refractivity contribution in [3.8, 4) is 0 Å². The Hall–Kier alpha value is -3.37. The number of ether oxygens (including phenoxy) is 1. The highest BCUT2D eigenvalue weighted by molar-refractivity contribution is 7.92. The number of hydrogen-bond acceptors (Lipinski definition) is 4. The van der Waals surface area contributed by atoms with Gasteiger partial charge in [-0.25, -0.2) is 8.42 Å². The summed E-state index contributed by atoms with van der Waals surface area (Å²) in [5, 5.41) is 2.55. The van der Waals surface area contributed by atoms with Crippen LogP contribution in [0.1, 0.15) is 11.1 Å². The number of benzene rings is 3. The van der Waals surface area contributed by atoms with Crippen molar-refractivity contribution in [3.05, 3.63) is 96.1 Å². The number of alkyl halides is 3. The maximum atomic E-state index is 13.2. The Balaban J connectivity index is 1.72. The zero-order valence-electron chi connectivity index (χ0n) is 18.0. The largest absolute Gasteiger partial charge is 0.416 e. The summed E-state index contributed by atoms with van der Waals surface area (Å²) in [5.74, 6) is -0.680.